The maximum Gasteiger partial charge on any atom is 0.313 e. The van der Waals surface area contributed by atoms with Crippen LogP contribution < -0.4 is 0 Å². The van der Waals surface area contributed by atoms with Crippen LogP contribution in [0.15, 0.2) is 54.6 Å². The van der Waals surface area contributed by atoms with Crippen LogP contribution in [0.1, 0.15) is 51.6 Å². The molecule has 4 heterocycles. The molecule has 1 aromatic rings. The molecule has 8 nitrogen and oxygen atoms in total. The first kappa shape index (κ1) is 25.7. The lowest BCUT2D eigenvalue weighted by atomic mass is 9.73. The molecule has 8 heteroatoms. The third-order valence-corrected chi connectivity index (χ3v) is 8.60. The van der Waals surface area contributed by atoms with Crippen molar-refractivity contribution in [1.29, 1.82) is 0 Å². The number of nitrogens with zero attached hydrogens (tertiary/aromatic N) is 2. The number of rotatable bonds is 7. The molecule has 4 aliphatic heterocycles. The first-order valence-electron chi connectivity index (χ1n) is 13.4. The number of esters is 1. The molecule has 1 aromatic carbocycles. The molecule has 1 spiro atoms. The van der Waals surface area contributed by atoms with Gasteiger partial charge in [0.15, 0.2) is 0 Å². The summed E-state index contributed by atoms with van der Waals surface area (Å²) in [5, 5.41) is 10.6. The summed E-state index contributed by atoms with van der Waals surface area (Å²) in [4.78, 5) is 45.6. The van der Waals surface area contributed by atoms with Crippen molar-refractivity contribution in [1.82, 2.24) is 9.80 Å². The molecule has 2 amide bonds. The minimum Gasteiger partial charge on any atom is -0.461 e. The third kappa shape index (κ3) is 3.76. The lowest BCUT2D eigenvalue weighted by molar-refractivity contribution is -0.162. The summed E-state index contributed by atoms with van der Waals surface area (Å²) in [7, 11) is 0. The van der Waals surface area contributed by atoms with Crippen LogP contribution in [0.3, 0.4) is 0 Å². The fourth-order valence-electron chi connectivity index (χ4n) is 6.89. The van der Waals surface area contributed by atoms with Gasteiger partial charge in [0.2, 0.25) is 11.8 Å². The van der Waals surface area contributed by atoms with Crippen molar-refractivity contribution in [2.45, 2.75) is 69.4 Å². The molecule has 5 rings (SSSR count). The van der Waals surface area contributed by atoms with Crippen LogP contribution in [-0.2, 0) is 23.9 Å². The average Bonchev–Trinajstić information content (AvgIpc) is 3.17. The Balaban J connectivity index is 1.70. The molecule has 2 fully saturated rings. The fraction of sp³-hybridized carbons (Fsp3) is 0.552. The van der Waals surface area contributed by atoms with Crippen molar-refractivity contribution in [3.8, 4) is 0 Å². The maximum atomic E-state index is 14.5. The Morgan fingerprint density at radius 2 is 1.81 bits per heavy atom. The minimum absolute atomic E-state index is 0.0468. The standard InChI is InChI=1S/C29H36N2O6/c1-4-11-19(3)30-16-9-15-29-22(23-27(35)36-17-10-14-28(23,5-2)37-29)25(33)31(24(29)26(30)34)21(18-32)20-12-7-6-8-13-20/h6-10,12-15,19,21-24,32H,4-5,11,16-18H2,1-3H3/t19?,21-,22+,23+,24?,28-,29+/m1/s1. The quantitative estimate of drug-likeness (QED) is 0.450. The molecular formula is C29H36N2O6. The highest BCUT2D eigenvalue weighted by Gasteiger charge is 2.76. The summed E-state index contributed by atoms with van der Waals surface area (Å²) in [6.07, 6.45) is 9.50. The molecule has 2 saturated heterocycles. The lowest BCUT2D eigenvalue weighted by Crippen LogP contribution is -2.58. The molecular weight excluding hydrogens is 472 g/mol. The number of carbonyl (C=O) groups is 3. The van der Waals surface area contributed by atoms with Gasteiger partial charge in [-0.1, -0.05) is 68.8 Å². The fourth-order valence-corrected chi connectivity index (χ4v) is 6.89. The first-order valence-corrected chi connectivity index (χ1v) is 13.4. The van der Waals surface area contributed by atoms with Crippen molar-refractivity contribution < 1.29 is 29.0 Å². The molecule has 0 aromatic heterocycles. The van der Waals surface area contributed by atoms with E-state index < -0.39 is 41.1 Å². The Bertz CT molecular complexity index is 1120. The highest BCUT2D eigenvalue weighted by molar-refractivity contribution is 5.99. The van der Waals surface area contributed by atoms with Gasteiger partial charge in [0, 0.05) is 12.6 Å². The molecule has 2 unspecified atom stereocenters. The van der Waals surface area contributed by atoms with Gasteiger partial charge >= 0.3 is 5.97 Å². The van der Waals surface area contributed by atoms with Crippen LogP contribution in [0.2, 0.25) is 0 Å². The van der Waals surface area contributed by atoms with Gasteiger partial charge in [0.05, 0.1) is 18.6 Å². The van der Waals surface area contributed by atoms with Gasteiger partial charge in [0.1, 0.15) is 29.8 Å². The molecule has 0 bridgehead atoms. The lowest BCUT2D eigenvalue weighted by Gasteiger charge is -2.41. The van der Waals surface area contributed by atoms with Gasteiger partial charge in [-0.3, -0.25) is 14.4 Å². The van der Waals surface area contributed by atoms with Crippen molar-refractivity contribution in [2.75, 3.05) is 19.8 Å². The number of aliphatic hydroxyl groups excluding tert-OH is 1. The molecule has 0 saturated carbocycles. The minimum atomic E-state index is -1.36. The number of aliphatic hydroxyl groups is 1. The van der Waals surface area contributed by atoms with Crippen LogP contribution >= 0.6 is 0 Å². The Morgan fingerprint density at radius 3 is 2.49 bits per heavy atom. The van der Waals surface area contributed by atoms with E-state index in [2.05, 4.69) is 6.92 Å². The highest BCUT2D eigenvalue weighted by Crippen LogP contribution is 2.59. The predicted molar refractivity (Wildman–Crippen MR) is 136 cm³/mol. The third-order valence-electron chi connectivity index (χ3n) is 8.60. The van der Waals surface area contributed by atoms with Crippen LogP contribution in [0.4, 0.5) is 0 Å². The van der Waals surface area contributed by atoms with Gasteiger partial charge in [-0.25, -0.2) is 0 Å². The molecule has 0 radical (unpaired) electrons. The van der Waals surface area contributed by atoms with E-state index in [1.165, 1.54) is 4.90 Å². The van der Waals surface area contributed by atoms with Crippen LogP contribution in [0, 0.1) is 11.8 Å². The summed E-state index contributed by atoms with van der Waals surface area (Å²) < 4.78 is 12.4. The number of amides is 2. The van der Waals surface area contributed by atoms with Gasteiger partial charge in [-0.05, 0) is 31.4 Å². The zero-order chi connectivity index (χ0) is 26.4. The number of fused-ring (bicyclic) bond motifs is 2. The van der Waals surface area contributed by atoms with E-state index in [0.29, 0.717) is 18.5 Å². The Morgan fingerprint density at radius 1 is 1.05 bits per heavy atom. The highest BCUT2D eigenvalue weighted by atomic mass is 16.6. The van der Waals surface area contributed by atoms with Gasteiger partial charge < -0.3 is 24.4 Å². The van der Waals surface area contributed by atoms with Crippen LogP contribution in [0.25, 0.3) is 0 Å². The number of cyclic esters (lactones) is 1. The van der Waals surface area contributed by atoms with Gasteiger partial charge in [-0.15, -0.1) is 0 Å². The topological polar surface area (TPSA) is 96.4 Å². The summed E-state index contributed by atoms with van der Waals surface area (Å²) >= 11 is 0. The Hall–Kier alpha value is -2.97. The number of benzene rings is 1. The van der Waals surface area contributed by atoms with Crippen LogP contribution in [-0.4, -0.2) is 75.7 Å². The number of hydrogen-bond donors (Lipinski definition) is 1. The molecule has 7 atom stereocenters. The molecule has 4 aliphatic rings. The largest absolute Gasteiger partial charge is 0.461 e. The number of hydrogen-bond acceptors (Lipinski definition) is 6. The van der Waals surface area contributed by atoms with Gasteiger partial charge in [-0.2, -0.15) is 0 Å². The molecule has 37 heavy (non-hydrogen) atoms. The summed E-state index contributed by atoms with van der Waals surface area (Å²) in [6, 6.07) is 7.37. The van der Waals surface area contributed by atoms with E-state index in [0.717, 1.165) is 12.8 Å². The van der Waals surface area contributed by atoms with Crippen molar-refractivity contribution in [3.63, 3.8) is 0 Å². The summed E-state index contributed by atoms with van der Waals surface area (Å²) in [5.41, 5.74) is -1.71. The van der Waals surface area contributed by atoms with E-state index in [4.69, 9.17) is 9.47 Å². The van der Waals surface area contributed by atoms with E-state index >= 15 is 0 Å². The molecule has 198 valence electrons. The van der Waals surface area contributed by atoms with E-state index in [1.807, 2.05) is 62.4 Å². The van der Waals surface area contributed by atoms with Crippen molar-refractivity contribution >= 4 is 17.8 Å². The van der Waals surface area contributed by atoms with E-state index in [9.17, 15) is 19.5 Å². The zero-order valence-corrected chi connectivity index (χ0v) is 21.7. The Labute approximate surface area is 217 Å². The maximum absolute atomic E-state index is 14.5. The smallest absolute Gasteiger partial charge is 0.313 e. The molecule has 0 aliphatic carbocycles. The predicted octanol–water partition coefficient (Wildman–Crippen LogP) is 2.78. The summed E-state index contributed by atoms with van der Waals surface area (Å²) in [6.45, 7) is 6.14. The molecule has 1 N–H and O–H groups in total. The number of ether oxygens (including phenoxy) is 2. The SMILES string of the molecule is CCCC(C)N1CC=C[C@]23O[C@]4(CC)C=CCOC(=O)[C@@H]4[C@H]2C(=O)N([C@H](CO)c2ccccc2)C3C1=O. The monoisotopic (exact) mass is 508 g/mol. The van der Waals surface area contributed by atoms with Crippen molar-refractivity contribution in [2.24, 2.45) is 11.8 Å². The number of carbonyl (C=O) groups excluding carboxylic acids is 3. The van der Waals surface area contributed by atoms with Crippen molar-refractivity contribution in [3.05, 3.63) is 60.2 Å². The number of likely N-dealkylation sites (tertiary alicyclic amines) is 1. The Kier molecular flexibility index (Phi) is 6.75. The van der Waals surface area contributed by atoms with E-state index in [-0.39, 0.29) is 31.1 Å². The second-order valence-electron chi connectivity index (χ2n) is 10.5. The summed E-state index contributed by atoms with van der Waals surface area (Å²) in [5.74, 6) is -2.94. The van der Waals surface area contributed by atoms with E-state index in [1.54, 1.807) is 11.0 Å². The second-order valence-corrected chi connectivity index (χ2v) is 10.5. The van der Waals surface area contributed by atoms with Crippen LogP contribution in [0.5, 0.6) is 0 Å². The zero-order valence-electron chi connectivity index (χ0n) is 21.7. The van der Waals surface area contributed by atoms with Gasteiger partial charge in [0.25, 0.3) is 0 Å². The average molecular weight is 509 g/mol. The normalized spacial score (nSPS) is 34.4. The first-order chi connectivity index (χ1) is 17.8. The second kappa shape index (κ2) is 9.72.